The van der Waals surface area contributed by atoms with Crippen LogP contribution in [0.15, 0.2) is 6.33 Å². The number of piperidine rings is 1. The molecule has 0 spiro atoms. The van der Waals surface area contributed by atoms with Gasteiger partial charge in [0.15, 0.2) is 0 Å². The number of primary amides is 1. The maximum atomic E-state index is 11.0. The Labute approximate surface area is 106 Å². The Kier molecular flexibility index (Phi) is 3.95. The minimum atomic E-state index is -0.585. The summed E-state index contributed by atoms with van der Waals surface area (Å²) in [5, 5.41) is 4.12. The van der Waals surface area contributed by atoms with Gasteiger partial charge in [-0.2, -0.15) is 0 Å². The van der Waals surface area contributed by atoms with Crippen LogP contribution >= 0.6 is 0 Å². The maximum absolute atomic E-state index is 11.0. The molecule has 1 aliphatic heterocycles. The third kappa shape index (κ3) is 2.87. The highest BCUT2D eigenvalue weighted by molar-refractivity contribution is 5.88. The molecule has 0 unspecified atom stereocenters. The second-order valence-corrected chi connectivity index (χ2v) is 4.37. The van der Waals surface area contributed by atoms with Crippen LogP contribution in [0.4, 0.5) is 0 Å². The van der Waals surface area contributed by atoms with Crippen molar-refractivity contribution < 1.29 is 4.79 Å². The molecule has 0 radical (unpaired) electrons. The number of hydrogen-bond acceptors (Lipinski definition) is 4. The van der Waals surface area contributed by atoms with E-state index in [-0.39, 0.29) is 11.9 Å². The molecule has 6 nitrogen and oxygen atoms in total. The number of nitrogens with two attached hydrogens (primary N) is 1. The highest BCUT2D eigenvalue weighted by Gasteiger charge is 2.22. The van der Waals surface area contributed by atoms with Crippen molar-refractivity contribution in [2.75, 3.05) is 19.6 Å². The highest BCUT2D eigenvalue weighted by Crippen LogP contribution is 2.19. The van der Waals surface area contributed by atoms with Crippen LogP contribution in [0.3, 0.4) is 0 Å². The van der Waals surface area contributed by atoms with E-state index < -0.39 is 5.91 Å². The van der Waals surface area contributed by atoms with Gasteiger partial charge in [0.1, 0.15) is 6.33 Å². The van der Waals surface area contributed by atoms with Crippen LogP contribution in [-0.4, -0.2) is 45.2 Å². The molecule has 1 aromatic rings. The Balaban J connectivity index is 2.02. The van der Waals surface area contributed by atoms with E-state index in [1.54, 1.807) is 11.0 Å². The first-order valence-electron chi connectivity index (χ1n) is 6.03. The molecule has 1 amide bonds. The SMILES string of the molecule is CC#CCN1CCC[C@@H](n2cnc(C(N)=O)n2)C1. The number of amides is 1. The van der Waals surface area contributed by atoms with E-state index in [0.29, 0.717) is 0 Å². The summed E-state index contributed by atoms with van der Waals surface area (Å²) >= 11 is 0. The standard InChI is InChI=1S/C12H17N5O/c1-2-3-6-16-7-4-5-10(8-16)17-9-14-12(15-17)11(13)18/h9-10H,4-8H2,1H3,(H2,13,18)/t10-/m1/s1. The zero-order valence-electron chi connectivity index (χ0n) is 10.5. The molecule has 1 aliphatic rings. The van der Waals surface area contributed by atoms with Crippen LogP contribution in [-0.2, 0) is 0 Å². The van der Waals surface area contributed by atoms with Crippen LogP contribution in [0.1, 0.15) is 36.4 Å². The Morgan fingerprint density at radius 1 is 1.67 bits per heavy atom. The number of carbonyl (C=O) groups is 1. The van der Waals surface area contributed by atoms with Crippen LogP contribution in [0.25, 0.3) is 0 Å². The second kappa shape index (κ2) is 5.65. The van der Waals surface area contributed by atoms with E-state index in [1.807, 2.05) is 6.92 Å². The van der Waals surface area contributed by atoms with Crippen molar-refractivity contribution in [3.63, 3.8) is 0 Å². The smallest absolute Gasteiger partial charge is 0.288 e. The fourth-order valence-electron chi connectivity index (χ4n) is 2.15. The molecular formula is C12H17N5O. The molecule has 96 valence electrons. The Morgan fingerprint density at radius 3 is 3.17 bits per heavy atom. The molecule has 0 aromatic carbocycles. The van der Waals surface area contributed by atoms with Gasteiger partial charge in [-0.05, 0) is 26.3 Å². The minimum absolute atomic E-state index is 0.0838. The fraction of sp³-hybridized carbons (Fsp3) is 0.583. The summed E-state index contributed by atoms with van der Waals surface area (Å²) in [6, 6.07) is 0.248. The third-order valence-corrected chi connectivity index (χ3v) is 3.06. The van der Waals surface area contributed by atoms with Crippen molar-refractivity contribution >= 4 is 5.91 Å². The lowest BCUT2D eigenvalue weighted by Gasteiger charge is -2.31. The summed E-state index contributed by atoms with van der Waals surface area (Å²) in [6.45, 7) is 4.57. The largest absolute Gasteiger partial charge is 0.363 e. The molecular weight excluding hydrogens is 230 g/mol. The Bertz CT molecular complexity index is 484. The molecule has 0 aliphatic carbocycles. The number of hydrogen-bond donors (Lipinski definition) is 1. The summed E-state index contributed by atoms with van der Waals surface area (Å²) < 4.78 is 1.74. The molecule has 1 fully saturated rings. The van der Waals surface area contributed by atoms with Crippen LogP contribution in [0.5, 0.6) is 0 Å². The predicted molar refractivity (Wildman–Crippen MR) is 66.7 cm³/mol. The van der Waals surface area contributed by atoms with Gasteiger partial charge in [0.2, 0.25) is 5.82 Å². The van der Waals surface area contributed by atoms with E-state index in [1.165, 1.54) is 0 Å². The van der Waals surface area contributed by atoms with Crippen LogP contribution < -0.4 is 5.73 Å². The fourth-order valence-corrected chi connectivity index (χ4v) is 2.15. The van der Waals surface area contributed by atoms with Gasteiger partial charge in [-0.1, -0.05) is 5.92 Å². The van der Waals surface area contributed by atoms with Gasteiger partial charge < -0.3 is 5.73 Å². The molecule has 2 heterocycles. The zero-order valence-corrected chi connectivity index (χ0v) is 10.5. The van der Waals surface area contributed by atoms with Gasteiger partial charge in [0, 0.05) is 6.54 Å². The van der Waals surface area contributed by atoms with Gasteiger partial charge in [0.05, 0.1) is 12.6 Å². The Hall–Kier alpha value is -1.87. The van der Waals surface area contributed by atoms with E-state index in [0.717, 1.165) is 32.5 Å². The van der Waals surface area contributed by atoms with Crippen molar-refractivity contribution in [2.45, 2.75) is 25.8 Å². The van der Waals surface area contributed by atoms with Crippen molar-refractivity contribution in [3.8, 4) is 11.8 Å². The lowest BCUT2D eigenvalue weighted by atomic mass is 10.1. The number of nitrogens with zero attached hydrogens (tertiary/aromatic N) is 4. The van der Waals surface area contributed by atoms with Crippen LogP contribution in [0.2, 0.25) is 0 Å². The molecule has 1 atom stereocenters. The molecule has 0 saturated carbocycles. The number of aromatic nitrogens is 3. The lowest BCUT2D eigenvalue weighted by molar-refractivity contribution is 0.0989. The zero-order chi connectivity index (χ0) is 13.0. The van der Waals surface area contributed by atoms with Crippen molar-refractivity contribution in [1.82, 2.24) is 19.7 Å². The molecule has 1 saturated heterocycles. The van der Waals surface area contributed by atoms with E-state index in [9.17, 15) is 4.79 Å². The van der Waals surface area contributed by atoms with E-state index in [4.69, 9.17) is 5.73 Å². The molecule has 18 heavy (non-hydrogen) atoms. The normalized spacial score (nSPS) is 20.2. The van der Waals surface area contributed by atoms with Crippen molar-refractivity contribution in [2.24, 2.45) is 5.73 Å². The first-order valence-corrected chi connectivity index (χ1v) is 6.03. The monoisotopic (exact) mass is 247 g/mol. The first kappa shape index (κ1) is 12.6. The van der Waals surface area contributed by atoms with Crippen molar-refractivity contribution in [3.05, 3.63) is 12.2 Å². The summed E-state index contributed by atoms with van der Waals surface area (Å²) in [4.78, 5) is 17.2. The molecule has 2 N–H and O–H groups in total. The summed E-state index contributed by atoms with van der Waals surface area (Å²) in [6.07, 6.45) is 3.72. The van der Waals surface area contributed by atoms with Gasteiger partial charge in [0.25, 0.3) is 5.91 Å². The summed E-state index contributed by atoms with van der Waals surface area (Å²) in [7, 11) is 0. The first-order chi connectivity index (χ1) is 8.70. The predicted octanol–water partition coefficient (Wildman–Crippen LogP) is 0.0372. The molecule has 1 aromatic heterocycles. The van der Waals surface area contributed by atoms with Crippen LogP contribution in [0, 0.1) is 11.8 Å². The third-order valence-electron chi connectivity index (χ3n) is 3.06. The van der Waals surface area contributed by atoms with Gasteiger partial charge in [-0.15, -0.1) is 11.0 Å². The molecule has 0 bridgehead atoms. The summed E-state index contributed by atoms with van der Waals surface area (Å²) in [5.41, 5.74) is 5.14. The second-order valence-electron chi connectivity index (χ2n) is 4.37. The van der Waals surface area contributed by atoms with E-state index >= 15 is 0 Å². The van der Waals surface area contributed by atoms with Gasteiger partial charge >= 0.3 is 0 Å². The highest BCUT2D eigenvalue weighted by atomic mass is 16.1. The average molecular weight is 247 g/mol. The minimum Gasteiger partial charge on any atom is -0.363 e. The maximum Gasteiger partial charge on any atom is 0.288 e. The van der Waals surface area contributed by atoms with E-state index in [2.05, 4.69) is 26.8 Å². The van der Waals surface area contributed by atoms with Gasteiger partial charge in [-0.25, -0.2) is 9.67 Å². The quantitative estimate of drug-likeness (QED) is 0.765. The Morgan fingerprint density at radius 2 is 2.50 bits per heavy atom. The topological polar surface area (TPSA) is 77.0 Å². The number of likely N-dealkylation sites (tertiary alicyclic amines) is 1. The number of carbonyl (C=O) groups excluding carboxylic acids is 1. The molecule has 2 rings (SSSR count). The number of rotatable bonds is 3. The molecule has 6 heteroatoms. The summed E-state index contributed by atoms with van der Waals surface area (Å²) in [5.74, 6) is 5.47. The van der Waals surface area contributed by atoms with Crippen molar-refractivity contribution in [1.29, 1.82) is 0 Å². The van der Waals surface area contributed by atoms with Gasteiger partial charge in [-0.3, -0.25) is 9.69 Å². The lowest BCUT2D eigenvalue weighted by Crippen LogP contribution is -2.37. The average Bonchev–Trinajstić information content (AvgIpc) is 2.86.